The van der Waals surface area contributed by atoms with Crippen molar-refractivity contribution in [1.82, 2.24) is 0 Å². The average Bonchev–Trinajstić information content (AvgIpc) is 2.69. The van der Waals surface area contributed by atoms with Gasteiger partial charge in [0, 0.05) is 11.3 Å². The molecule has 0 unspecified atom stereocenters. The van der Waals surface area contributed by atoms with Gasteiger partial charge in [-0.2, -0.15) is 5.26 Å². The Morgan fingerprint density at radius 3 is 2.00 bits per heavy atom. The van der Waals surface area contributed by atoms with Crippen LogP contribution in [0, 0.1) is 11.3 Å². The van der Waals surface area contributed by atoms with E-state index in [1.807, 2.05) is 6.07 Å². The fourth-order valence-corrected chi connectivity index (χ4v) is 3.12. The minimum atomic E-state index is -3.42. The van der Waals surface area contributed by atoms with Crippen LogP contribution in [0.1, 0.15) is 15.9 Å². The number of carbonyl (C=O) groups excluding carboxylic acids is 1. The van der Waals surface area contributed by atoms with Crippen molar-refractivity contribution in [2.75, 3.05) is 32.3 Å². The first-order valence-corrected chi connectivity index (χ1v) is 10.2. The lowest BCUT2D eigenvalue weighted by Crippen LogP contribution is -2.09. The summed E-state index contributed by atoms with van der Waals surface area (Å²) in [5.41, 5.74) is 0.961. The molecule has 2 aromatic carbocycles. The molecule has 0 fully saturated rings. The summed E-state index contributed by atoms with van der Waals surface area (Å²) in [6.45, 7) is 0. The molecule has 0 saturated heterocycles. The van der Waals surface area contributed by atoms with E-state index in [2.05, 4.69) is 4.72 Å². The number of Topliss-reactive ketones (excluding diaryl/α,β-unsaturated/α-hetero) is 1. The SMILES string of the molecule is COc1cc(C=C(C#N)C(=O)c2ccc(NS(C)(=O)=O)cc2)cc(OC)c1OC. The first-order valence-electron chi connectivity index (χ1n) is 8.26. The Bertz CT molecular complexity index is 1060. The number of nitrogens with one attached hydrogen (secondary N) is 1. The molecule has 0 saturated carbocycles. The summed E-state index contributed by atoms with van der Waals surface area (Å²) in [7, 11) is 0.982. The van der Waals surface area contributed by atoms with Gasteiger partial charge in [0.2, 0.25) is 21.6 Å². The molecule has 1 N–H and O–H groups in total. The number of hydrogen-bond acceptors (Lipinski definition) is 7. The zero-order valence-corrected chi connectivity index (χ0v) is 17.2. The van der Waals surface area contributed by atoms with Crippen LogP contribution < -0.4 is 18.9 Å². The Kier molecular flexibility index (Phi) is 6.85. The maximum Gasteiger partial charge on any atom is 0.229 e. The highest BCUT2D eigenvalue weighted by atomic mass is 32.2. The smallest absolute Gasteiger partial charge is 0.229 e. The van der Waals surface area contributed by atoms with Gasteiger partial charge in [0.15, 0.2) is 11.5 Å². The number of nitrogens with zero attached hydrogens (tertiary/aromatic N) is 1. The lowest BCUT2D eigenvalue weighted by Gasteiger charge is -2.13. The van der Waals surface area contributed by atoms with E-state index >= 15 is 0 Å². The molecule has 0 aliphatic carbocycles. The predicted octanol–water partition coefficient (Wildman–Crippen LogP) is 2.87. The predicted molar refractivity (Wildman–Crippen MR) is 109 cm³/mol. The minimum absolute atomic E-state index is 0.108. The van der Waals surface area contributed by atoms with E-state index in [0.29, 0.717) is 28.5 Å². The Balaban J connectivity index is 2.39. The molecule has 0 radical (unpaired) electrons. The van der Waals surface area contributed by atoms with Gasteiger partial charge in [-0.25, -0.2) is 8.42 Å². The number of nitriles is 1. The monoisotopic (exact) mass is 416 g/mol. The second-order valence-corrected chi connectivity index (χ2v) is 7.66. The third-order valence-electron chi connectivity index (χ3n) is 3.81. The van der Waals surface area contributed by atoms with Gasteiger partial charge in [-0.15, -0.1) is 0 Å². The largest absolute Gasteiger partial charge is 0.493 e. The van der Waals surface area contributed by atoms with E-state index < -0.39 is 15.8 Å². The van der Waals surface area contributed by atoms with Crippen LogP contribution in [0.25, 0.3) is 6.08 Å². The van der Waals surface area contributed by atoms with Crippen molar-refractivity contribution in [2.45, 2.75) is 0 Å². The quantitative estimate of drug-likeness (QED) is 0.400. The van der Waals surface area contributed by atoms with E-state index in [-0.39, 0.29) is 11.1 Å². The molecule has 0 aliphatic rings. The number of methoxy groups -OCH3 is 3. The minimum Gasteiger partial charge on any atom is -0.493 e. The number of hydrogen-bond donors (Lipinski definition) is 1. The van der Waals surface area contributed by atoms with Gasteiger partial charge in [-0.05, 0) is 48.0 Å². The highest BCUT2D eigenvalue weighted by molar-refractivity contribution is 7.92. The zero-order chi connectivity index (χ0) is 21.6. The van der Waals surface area contributed by atoms with Gasteiger partial charge >= 0.3 is 0 Å². The molecule has 0 amide bonds. The van der Waals surface area contributed by atoms with Crippen molar-refractivity contribution >= 4 is 27.6 Å². The summed E-state index contributed by atoms with van der Waals surface area (Å²) in [5.74, 6) is 0.663. The Labute approximate surface area is 169 Å². The number of anilines is 1. The van der Waals surface area contributed by atoms with Crippen molar-refractivity contribution in [1.29, 1.82) is 5.26 Å². The number of allylic oxidation sites excluding steroid dienone is 1. The average molecular weight is 416 g/mol. The highest BCUT2D eigenvalue weighted by Gasteiger charge is 2.16. The summed E-state index contributed by atoms with van der Waals surface area (Å²) in [4.78, 5) is 12.7. The van der Waals surface area contributed by atoms with Crippen LogP contribution in [0.4, 0.5) is 5.69 Å². The van der Waals surface area contributed by atoms with Crippen LogP contribution in [0.15, 0.2) is 42.0 Å². The zero-order valence-electron chi connectivity index (χ0n) is 16.3. The molecule has 9 heteroatoms. The molecule has 29 heavy (non-hydrogen) atoms. The number of ketones is 1. The normalized spacial score (nSPS) is 11.3. The number of ether oxygens (including phenoxy) is 3. The first kappa shape index (κ1) is 21.8. The van der Waals surface area contributed by atoms with E-state index in [1.165, 1.54) is 51.7 Å². The summed E-state index contributed by atoms with van der Waals surface area (Å²) < 4.78 is 40.6. The lowest BCUT2D eigenvalue weighted by atomic mass is 10.0. The number of rotatable bonds is 8. The fourth-order valence-electron chi connectivity index (χ4n) is 2.56. The second kappa shape index (κ2) is 9.12. The molecule has 152 valence electrons. The van der Waals surface area contributed by atoms with Gasteiger partial charge < -0.3 is 14.2 Å². The maximum absolute atomic E-state index is 12.7. The molecule has 0 heterocycles. The van der Waals surface area contributed by atoms with E-state index in [0.717, 1.165) is 6.26 Å². The topological polar surface area (TPSA) is 115 Å². The van der Waals surface area contributed by atoms with E-state index in [1.54, 1.807) is 12.1 Å². The van der Waals surface area contributed by atoms with Crippen LogP contribution in [0.3, 0.4) is 0 Å². The molecule has 2 rings (SSSR count). The Morgan fingerprint density at radius 1 is 1.03 bits per heavy atom. The molecule has 0 spiro atoms. The van der Waals surface area contributed by atoms with Gasteiger partial charge in [-0.3, -0.25) is 9.52 Å². The lowest BCUT2D eigenvalue weighted by molar-refractivity contribution is 0.104. The van der Waals surface area contributed by atoms with Gasteiger partial charge in [-0.1, -0.05) is 0 Å². The molecule has 2 aromatic rings. The van der Waals surface area contributed by atoms with Gasteiger partial charge in [0.05, 0.1) is 27.6 Å². The van der Waals surface area contributed by atoms with Crippen molar-refractivity contribution in [3.05, 3.63) is 53.1 Å². The third kappa shape index (κ3) is 5.49. The molecule has 0 aromatic heterocycles. The van der Waals surface area contributed by atoms with Crippen LogP contribution in [0.2, 0.25) is 0 Å². The van der Waals surface area contributed by atoms with Crippen LogP contribution in [-0.2, 0) is 10.0 Å². The Morgan fingerprint density at radius 2 is 1.59 bits per heavy atom. The molecule has 0 atom stereocenters. The fraction of sp³-hybridized carbons (Fsp3) is 0.200. The van der Waals surface area contributed by atoms with Crippen molar-refractivity contribution in [3.63, 3.8) is 0 Å². The van der Waals surface area contributed by atoms with Crippen LogP contribution in [-0.4, -0.2) is 41.8 Å². The maximum atomic E-state index is 12.7. The molecule has 8 nitrogen and oxygen atoms in total. The Hall–Kier alpha value is -3.51. The molecular formula is C20H20N2O6S. The molecular weight excluding hydrogens is 396 g/mol. The summed E-state index contributed by atoms with van der Waals surface area (Å²) in [5, 5.41) is 9.46. The molecule has 0 aliphatic heterocycles. The van der Waals surface area contributed by atoms with Crippen molar-refractivity contribution in [3.8, 4) is 23.3 Å². The number of benzene rings is 2. The van der Waals surface area contributed by atoms with E-state index in [4.69, 9.17) is 14.2 Å². The number of sulfonamides is 1. The van der Waals surface area contributed by atoms with E-state index in [9.17, 15) is 18.5 Å². The highest BCUT2D eigenvalue weighted by Crippen LogP contribution is 2.38. The molecule has 0 bridgehead atoms. The summed E-state index contributed by atoms with van der Waals surface area (Å²) >= 11 is 0. The van der Waals surface area contributed by atoms with Crippen molar-refractivity contribution < 1.29 is 27.4 Å². The van der Waals surface area contributed by atoms with Crippen LogP contribution in [0.5, 0.6) is 17.2 Å². The van der Waals surface area contributed by atoms with Gasteiger partial charge in [0.25, 0.3) is 0 Å². The summed E-state index contributed by atoms with van der Waals surface area (Å²) in [6.07, 6.45) is 2.44. The summed E-state index contributed by atoms with van der Waals surface area (Å²) in [6, 6.07) is 10.9. The van der Waals surface area contributed by atoms with Gasteiger partial charge in [0.1, 0.15) is 11.6 Å². The standard InChI is InChI=1S/C20H20N2O6S/c1-26-17-10-13(11-18(27-2)20(17)28-3)9-15(12-21)19(23)14-5-7-16(8-6-14)22-29(4,24)25/h5-11,22H,1-4H3. The number of carbonyl (C=O) groups is 1. The first-order chi connectivity index (χ1) is 13.7. The van der Waals surface area contributed by atoms with Crippen LogP contribution >= 0.6 is 0 Å². The second-order valence-electron chi connectivity index (χ2n) is 5.91. The third-order valence-corrected chi connectivity index (χ3v) is 4.42. The van der Waals surface area contributed by atoms with Crippen molar-refractivity contribution in [2.24, 2.45) is 0 Å².